The number of likely N-dealkylation sites (N-methyl/N-ethyl adjacent to an activating group) is 1. The Kier molecular flexibility index (Phi) is 7.28. The van der Waals surface area contributed by atoms with Gasteiger partial charge in [-0.1, -0.05) is 56.3 Å². The molecule has 1 aromatic heterocycles. The van der Waals surface area contributed by atoms with Crippen LogP contribution in [-0.4, -0.2) is 23.5 Å². The van der Waals surface area contributed by atoms with Crippen molar-refractivity contribution in [3.63, 3.8) is 0 Å². The molecule has 2 heteroatoms. The first-order chi connectivity index (χ1) is 11.7. The fraction of sp³-hybridized carbons (Fsp3) is 0.318. The third-order valence-electron chi connectivity index (χ3n) is 4.31. The second-order valence-corrected chi connectivity index (χ2v) is 6.05. The van der Waals surface area contributed by atoms with Gasteiger partial charge in [0.2, 0.25) is 0 Å². The Hall–Kier alpha value is -2.35. The lowest BCUT2D eigenvalue weighted by molar-refractivity contribution is 0.506. The summed E-state index contributed by atoms with van der Waals surface area (Å²) >= 11 is 0. The van der Waals surface area contributed by atoms with E-state index in [1.54, 1.807) is 0 Å². The van der Waals surface area contributed by atoms with E-state index in [1.165, 1.54) is 29.7 Å². The standard InChI is InChI=1S/C12H13N.C10H15N/c1-13-9-7-12(8-10-13)11-5-3-2-4-6-11;1-3-9(4-2)10-7-5-6-8-11-10/h2-9H,10H2,1H3;5-9H,3-4H2,1-2H3. The van der Waals surface area contributed by atoms with Gasteiger partial charge in [-0.15, -0.1) is 0 Å². The van der Waals surface area contributed by atoms with Gasteiger partial charge in [-0.3, -0.25) is 4.98 Å². The summed E-state index contributed by atoms with van der Waals surface area (Å²) in [7, 11) is 2.08. The molecule has 24 heavy (non-hydrogen) atoms. The van der Waals surface area contributed by atoms with Gasteiger partial charge in [0.25, 0.3) is 0 Å². The van der Waals surface area contributed by atoms with Gasteiger partial charge >= 0.3 is 0 Å². The Balaban J connectivity index is 0.000000177. The highest BCUT2D eigenvalue weighted by Crippen LogP contribution is 2.19. The first kappa shape index (κ1) is 18.0. The minimum atomic E-state index is 0.649. The van der Waals surface area contributed by atoms with Crippen molar-refractivity contribution in [1.29, 1.82) is 0 Å². The Bertz CT molecular complexity index is 640. The molecule has 2 aromatic rings. The van der Waals surface area contributed by atoms with Crippen molar-refractivity contribution in [2.24, 2.45) is 0 Å². The summed E-state index contributed by atoms with van der Waals surface area (Å²) in [6.45, 7) is 5.42. The first-order valence-corrected chi connectivity index (χ1v) is 8.79. The molecule has 2 heterocycles. The minimum absolute atomic E-state index is 0.649. The van der Waals surface area contributed by atoms with Crippen molar-refractivity contribution in [3.05, 3.63) is 84.3 Å². The third-order valence-corrected chi connectivity index (χ3v) is 4.31. The van der Waals surface area contributed by atoms with Crippen LogP contribution in [0.15, 0.2) is 73.1 Å². The van der Waals surface area contributed by atoms with Gasteiger partial charge < -0.3 is 4.90 Å². The van der Waals surface area contributed by atoms with E-state index >= 15 is 0 Å². The minimum Gasteiger partial charge on any atom is -0.377 e. The van der Waals surface area contributed by atoms with E-state index in [2.05, 4.69) is 85.5 Å². The fourth-order valence-electron chi connectivity index (χ4n) is 2.75. The topological polar surface area (TPSA) is 16.1 Å². The summed E-state index contributed by atoms with van der Waals surface area (Å²) in [6, 6.07) is 16.6. The summed E-state index contributed by atoms with van der Waals surface area (Å²) in [4.78, 5) is 6.48. The predicted octanol–water partition coefficient (Wildman–Crippen LogP) is 5.51. The van der Waals surface area contributed by atoms with Crippen molar-refractivity contribution in [1.82, 2.24) is 9.88 Å². The maximum Gasteiger partial charge on any atom is 0.0434 e. The van der Waals surface area contributed by atoms with Gasteiger partial charge in [-0.05, 0) is 48.4 Å². The number of aromatic nitrogens is 1. The maximum atomic E-state index is 4.32. The molecule has 0 bridgehead atoms. The molecule has 0 aliphatic carbocycles. The summed E-state index contributed by atoms with van der Waals surface area (Å²) in [5, 5.41) is 0. The molecule has 0 saturated carbocycles. The highest BCUT2D eigenvalue weighted by atomic mass is 15.1. The predicted molar refractivity (Wildman–Crippen MR) is 104 cm³/mol. The Morgan fingerprint density at radius 1 is 1.00 bits per heavy atom. The van der Waals surface area contributed by atoms with Crippen LogP contribution in [0.1, 0.15) is 43.9 Å². The van der Waals surface area contributed by atoms with Crippen molar-refractivity contribution in [3.8, 4) is 0 Å². The maximum absolute atomic E-state index is 4.32. The van der Waals surface area contributed by atoms with E-state index in [0.717, 1.165) is 6.54 Å². The largest absolute Gasteiger partial charge is 0.377 e. The van der Waals surface area contributed by atoms with Gasteiger partial charge in [0.05, 0.1) is 0 Å². The zero-order valence-electron chi connectivity index (χ0n) is 15.0. The molecule has 126 valence electrons. The molecule has 2 nitrogen and oxygen atoms in total. The van der Waals surface area contributed by atoms with Crippen LogP contribution in [-0.2, 0) is 0 Å². The summed E-state index contributed by atoms with van der Waals surface area (Å²) in [5.41, 5.74) is 3.85. The molecule has 0 fully saturated rings. The average molecular weight is 320 g/mol. The van der Waals surface area contributed by atoms with Crippen LogP contribution < -0.4 is 0 Å². The molecule has 0 radical (unpaired) electrons. The number of pyridine rings is 1. The van der Waals surface area contributed by atoms with E-state index in [0.29, 0.717) is 5.92 Å². The average Bonchev–Trinajstić information content (AvgIpc) is 2.66. The van der Waals surface area contributed by atoms with Crippen LogP contribution in [0.4, 0.5) is 0 Å². The van der Waals surface area contributed by atoms with Gasteiger partial charge in [0.15, 0.2) is 0 Å². The van der Waals surface area contributed by atoms with Gasteiger partial charge in [-0.25, -0.2) is 0 Å². The Labute approximate surface area is 146 Å². The molecule has 0 spiro atoms. The number of rotatable bonds is 4. The van der Waals surface area contributed by atoms with Crippen molar-refractivity contribution in [2.75, 3.05) is 13.6 Å². The van der Waals surface area contributed by atoms with E-state index in [-0.39, 0.29) is 0 Å². The van der Waals surface area contributed by atoms with Crippen LogP contribution in [0.5, 0.6) is 0 Å². The van der Waals surface area contributed by atoms with Crippen molar-refractivity contribution >= 4 is 5.57 Å². The smallest absolute Gasteiger partial charge is 0.0434 e. The molecule has 1 aliphatic heterocycles. The Morgan fingerprint density at radius 3 is 2.25 bits per heavy atom. The molecular weight excluding hydrogens is 292 g/mol. The van der Waals surface area contributed by atoms with E-state index < -0.39 is 0 Å². The molecule has 0 amide bonds. The Morgan fingerprint density at radius 2 is 1.71 bits per heavy atom. The fourth-order valence-corrected chi connectivity index (χ4v) is 2.75. The van der Waals surface area contributed by atoms with E-state index in [4.69, 9.17) is 0 Å². The molecule has 0 unspecified atom stereocenters. The second-order valence-electron chi connectivity index (χ2n) is 6.05. The highest BCUT2D eigenvalue weighted by Gasteiger charge is 2.05. The molecule has 0 atom stereocenters. The molecule has 1 aromatic carbocycles. The van der Waals surface area contributed by atoms with Crippen LogP contribution in [0.2, 0.25) is 0 Å². The summed E-state index contributed by atoms with van der Waals surface area (Å²) in [5.74, 6) is 0.649. The summed E-state index contributed by atoms with van der Waals surface area (Å²) in [6.07, 6.45) is 10.8. The monoisotopic (exact) mass is 320 g/mol. The lowest BCUT2D eigenvalue weighted by Gasteiger charge is -2.17. The van der Waals surface area contributed by atoms with Crippen LogP contribution in [0.25, 0.3) is 5.57 Å². The normalized spacial score (nSPS) is 13.3. The molecule has 3 rings (SSSR count). The number of hydrogen-bond acceptors (Lipinski definition) is 2. The highest BCUT2D eigenvalue weighted by molar-refractivity contribution is 5.74. The van der Waals surface area contributed by atoms with Crippen LogP contribution in [0.3, 0.4) is 0 Å². The molecule has 1 aliphatic rings. The zero-order chi connectivity index (χ0) is 17.2. The van der Waals surface area contributed by atoms with Crippen LogP contribution >= 0.6 is 0 Å². The quantitative estimate of drug-likeness (QED) is 0.738. The van der Waals surface area contributed by atoms with Gasteiger partial charge in [-0.2, -0.15) is 0 Å². The zero-order valence-corrected chi connectivity index (χ0v) is 15.0. The second kappa shape index (κ2) is 9.71. The SMILES string of the molecule is CCC(CC)c1ccccn1.CN1C=CC(c2ccccc2)=CC1. The lowest BCUT2D eigenvalue weighted by atomic mass is 9.99. The number of benzene rings is 1. The van der Waals surface area contributed by atoms with Crippen LogP contribution in [0, 0.1) is 0 Å². The number of allylic oxidation sites excluding steroid dienone is 2. The molecular formula is C22H28N2. The first-order valence-electron chi connectivity index (χ1n) is 8.79. The molecule has 0 saturated heterocycles. The summed E-state index contributed by atoms with van der Waals surface area (Å²) < 4.78 is 0. The number of hydrogen-bond donors (Lipinski definition) is 0. The third kappa shape index (κ3) is 5.38. The number of nitrogens with zero attached hydrogens (tertiary/aromatic N) is 2. The van der Waals surface area contributed by atoms with Gasteiger partial charge in [0, 0.05) is 31.4 Å². The lowest BCUT2D eigenvalue weighted by Crippen LogP contribution is -2.13. The molecule has 0 N–H and O–H groups in total. The van der Waals surface area contributed by atoms with E-state index in [9.17, 15) is 0 Å². The van der Waals surface area contributed by atoms with Crippen molar-refractivity contribution < 1.29 is 0 Å². The van der Waals surface area contributed by atoms with E-state index in [1.807, 2.05) is 18.3 Å². The van der Waals surface area contributed by atoms with Gasteiger partial charge in [0.1, 0.15) is 0 Å². The van der Waals surface area contributed by atoms with Crippen molar-refractivity contribution in [2.45, 2.75) is 32.6 Å².